The zero-order chi connectivity index (χ0) is 15.4. The third-order valence-electron chi connectivity index (χ3n) is 3.17. The molecule has 0 bridgehead atoms. The lowest BCUT2D eigenvalue weighted by atomic mass is 10.2. The van der Waals surface area contributed by atoms with Crippen molar-refractivity contribution in [2.75, 3.05) is 27.2 Å². The predicted molar refractivity (Wildman–Crippen MR) is 79.1 cm³/mol. The lowest BCUT2D eigenvalue weighted by molar-refractivity contribution is 0.0950. The van der Waals surface area contributed by atoms with E-state index in [2.05, 4.69) is 10.4 Å². The average molecular weight is 290 g/mol. The highest BCUT2D eigenvalue weighted by Gasteiger charge is 2.14. The summed E-state index contributed by atoms with van der Waals surface area (Å²) in [7, 11) is 3.90. The molecule has 0 spiro atoms. The molecular weight excluding hydrogens is 271 g/mol. The van der Waals surface area contributed by atoms with Gasteiger partial charge in [-0.25, -0.2) is 9.07 Å². The van der Waals surface area contributed by atoms with E-state index in [1.54, 1.807) is 16.8 Å². The highest BCUT2D eigenvalue weighted by molar-refractivity contribution is 5.95. The second kappa shape index (κ2) is 6.49. The fourth-order valence-corrected chi connectivity index (χ4v) is 1.96. The van der Waals surface area contributed by atoms with Gasteiger partial charge in [0.05, 0.1) is 23.1 Å². The van der Waals surface area contributed by atoms with Crippen LogP contribution in [0, 0.1) is 12.7 Å². The molecule has 0 unspecified atom stereocenters. The van der Waals surface area contributed by atoms with Crippen LogP contribution in [-0.4, -0.2) is 47.8 Å². The highest BCUT2D eigenvalue weighted by atomic mass is 19.1. The Hall–Kier alpha value is -2.21. The summed E-state index contributed by atoms with van der Waals surface area (Å²) < 4.78 is 14.6. The van der Waals surface area contributed by atoms with Gasteiger partial charge in [-0.15, -0.1) is 0 Å². The Labute approximate surface area is 123 Å². The van der Waals surface area contributed by atoms with Crippen molar-refractivity contribution in [1.82, 2.24) is 20.0 Å². The lowest BCUT2D eigenvalue weighted by Crippen LogP contribution is -2.31. The topological polar surface area (TPSA) is 50.2 Å². The molecule has 2 aromatic rings. The maximum atomic E-state index is 12.9. The van der Waals surface area contributed by atoms with Crippen molar-refractivity contribution < 1.29 is 9.18 Å². The molecule has 0 atom stereocenters. The van der Waals surface area contributed by atoms with Gasteiger partial charge in [0.1, 0.15) is 5.82 Å². The van der Waals surface area contributed by atoms with Gasteiger partial charge in [0.2, 0.25) is 0 Å². The molecule has 112 valence electrons. The first-order chi connectivity index (χ1) is 9.99. The molecule has 0 fully saturated rings. The van der Waals surface area contributed by atoms with Gasteiger partial charge in [-0.05, 0) is 45.3 Å². The highest BCUT2D eigenvalue weighted by Crippen LogP contribution is 2.14. The molecule has 6 heteroatoms. The largest absolute Gasteiger partial charge is 0.351 e. The van der Waals surface area contributed by atoms with Gasteiger partial charge >= 0.3 is 0 Å². The van der Waals surface area contributed by atoms with Crippen LogP contribution < -0.4 is 5.32 Å². The van der Waals surface area contributed by atoms with Crippen molar-refractivity contribution in [3.05, 3.63) is 47.5 Å². The minimum Gasteiger partial charge on any atom is -0.351 e. The average Bonchev–Trinajstić information content (AvgIpc) is 2.81. The molecule has 0 radical (unpaired) electrons. The first kappa shape index (κ1) is 15.2. The molecule has 0 saturated heterocycles. The Morgan fingerprint density at radius 3 is 2.62 bits per heavy atom. The van der Waals surface area contributed by atoms with Crippen LogP contribution in [0.25, 0.3) is 5.69 Å². The summed E-state index contributed by atoms with van der Waals surface area (Å²) in [6.07, 6.45) is 1.53. The number of nitrogens with zero attached hydrogens (tertiary/aromatic N) is 3. The third kappa shape index (κ3) is 3.66. The Kier molecular flexibility index (Phi) is 4.70. The van der Waals surface area contributed by atoms with Gasteiger partial charge in [-0.2, -0.15) is 5.10 Å². The number of benzene rings is 1. The van der Waals surface area contributed by atoms with E-state index >= 15 is 0 Å². The van der Waals surface area contributed by atoms with E-state index in [0.29, 0.717) is 12.1 Å². The SMILES string of the molecule is Cc1c(C(=O)NCCN(C)C)cnn1-c1ccc(F)cc1. The first-order valence-electron chi connectivity index (χ1n) is 6.72. The number of aromatic nitrogens is 2. The van der Waals surface area contributed by atoms with Gasteiger partial charge < -0.3 is 10.2 Å². The van der Waals surface area contributed by atoms with Crippen LogP contribution in [0.1, 0.15) is 16.1 Å². The number of carbonyl (C=O) groups is 1. The van der Waals surface area contributed by atoms with E-state index in [0.717, 1.165) is 17.9 Å². The molecule has 0 aliphatic carbocycles. The number of halogens is 1. The summed E-state index contributed by atoms with van der Waals surface area (Å²) in [6, 6.07) is 5.99. The van der Waals surface area contributed by atoms with Gasteiger partial charge in [-0.1, -0.05) is 0 Å². The van der Waals surface area contributed by atoms with Gasteiger partial charge in [0.15, 0.2) is 0 Å². The number of hydrogen-bond acceptors (Lipinski definition) is 3. The van der Waals surface area contributed by atoms with E-state index in [9.17, 15) is 9.18 Å². The van der Waals surface area contributed by atoms with Crippen molar-refractivity contribution in [1.29, 1.82) is 0 Å². The van der Waals surface area contributed by atoms with E-state index in [4.69, 9.17) is 0 Å². The normalized spacial score (nSPS) is 10.9. The van der Waals surface area contributed by atoms with Crippen molar-refractivity contribution >= 4 is 5.91 Å². The van der Waals surface area contributed by atoms with Crippen molar-refractivity contribution in [3.63, 3.8) is 0 Å². The Balaban J connectivity index is 2.13. The van der Waals surface area contributed by atoms with E-state index in [1.165, 1.54) is 18.3 Å². The third-order valence-corrected chi connectivity index (χ3v) is 3.17. The number of carbonyl (C=O) groups excluding carboxylic acids is 1. The lowest BCUT2D eigenvalue weighted by Gasteiger charge is -2.10. The molecule has 1 aromatic heterocycles. The van der Waals surface area contributed by atoms with Crippen LogP contribution in [0.2, 0.25) is 0 Å². The minimum absolute atomic E-state index is 0.150. The molecule has 1 N–H and O–H groups in total. The maximum Gasteiger partial charge on any atom is 0.254 e. The molecule has 0 aliphatic rings. The van der Waals surface area contributed by atoms with E-state index in [1.807, 2.05) is 25.9 Å². The minimum atomic E-state index is -0.301. The van der Waals surface area contributed by atoms with Crippen LogP contribution in [0.4, 0.5) is 4.39 Å². The second-order valence-electron chi connectivity index (χ2n) is 5.09. The summed E-state index contributed by atoms with van der Waals surface area (Å²) in [5.74, 6) is -0.451. The van der Waals surface area contributed by atoms with Crippen LogP contribution >= 0.6 is 0 Å². The van der Waals surface area contributed by atoms with E-state index in [-0.39, 0.29) is 11.7 Å². The van der Waals surface area contributed by atoms with Crippen LogP contribution in [0.5, 0.6) is 0 Å². The quantitative estimate of drug-likeness (QED) is 0.910. The summed E-state index contributed by atoms with van der Waals surface area (Å²) in [6.45, 7) is 3.17. The first-order valence-corrected chi connectivity index (χ1v) is 6.72. The van der Waals surface area contributed by atoms with Gasteiger partial charge in [-0.3, -0.25) is 4.79 Å². The fraction of sp³-hybridized carbons (Fsp3) is 0.333. The van der Waals surface area contributed by atoms with Gasteiger partial charge in [0.25, 0.3) is 5.91 Å². The fourth-order valence-electron chi connectivity index (χ4n) is 1.96. The molecule has 0 saturated carbocycles. The number of likely N-dealkylation sites (N-methyl/N-ethyl adjacent to an activating group) is 1. The molecule has 5 nitrogen and oxygen atoms in total. The molecule has 0 aliphatic heterocycles. The Bertz CT molecular complexity index is 619. The number of hydrogen-bond donors (Lipinski definition) is 1. The van der Waals surface area contributed by atoms with Crippen LogP contribution in [0.3, 0.4) is 0 Å². The smallest absolute Gasteiger partial charge is 0.254 e. The zero-order valence-corrected chi connectivity index (χ0v) is 12.4. The maximum absolute atomic E-state index is 12.9. The summed E-state index contributed by atoms with van der Waals surface area (Å²) in [5, 5.41) is 7.05. The predicted octanol–water partition coefficient (Wildman–Crippen LogP) is 1.61. The summed E-state index contributed by atoms with van der Waals surface area (Å²) >= 11 is 0. The Morgan fingerprint density at radius 2 is 2.00 bits per heavy atom. The zero-order valence-electron chi connectivity index (χ0n) is 12.4. The molecular formula is C15H19FN4O. The van der Waals surface area contributed by atoms with E-state index < -0.39 is 0 Å². The summed E-state index contributed by atoms with van der Waals surface area (Å²) in [5.41, 5.74) is 1.98. The van der Waals surface area contributed by atoms with Crippen molar-refractivity contribution in [2.24, 2.45) is 0 Å². The molecule has 21 heavy (non-hydrogen) atoms. The molecule has 2 rings (SSSR count). The van der Waals surface area contributed by atoms with Crippen molar-refractivity contribution in [2.45, 2.75) is 6.92 Å². The number of rotatable bonds is 5. The second-order valence-corrected chi connectivity index (χ2v) is 5.09. The standard InChI is InChI=1S/C15H19FN4O/c1-11-14(15(21)17-8-9-19(2)3)10-18-20(11)13-6-4-12(16)5-7-13/h4-7,10H,8-9H2,1-3H3,(H,17,21). The summed E-state index contributed by atoms with van der Waals surface area (Å²) in [4.78, 5) is 14.1. The Morgan fingerprint density at radius 1 is 1.33 bits per heavy atom. The van der Waals surface area contributed by atoms with Crippen LogP contribution in [-0.2, 0) is 0 Å². The molecule has 1 aromatic carbocycles. The molecule has 1 heterocycles. The van der Waals surface area contributed by atoms with Crippen LogP contribution in [0.15, 0.2) is 30.5 Å². The number of nitrogens with one attached hydrogen (secondary N) is 1. The number of amides is 1. The monoisotopic (exact) mass is 290 g/mol. The molecule has 1 amide bonds. The van der Waals surface area contributed by atoms with Crippen molar-refractivity contribution in [3.8, 4) is 5.69 Å². The van der Waals surface area contributed by atoms with Gasteiger partial charge in [0, 0.05) is 13.1 Å².